The Morgan fingerprint density at radius 3 is 2.39 bits per heavy atom. The van der Waals surface area contributed by atoms with Crippen LogP contribution in [-0.4, -0.2) is 36.3 Å². The van der Waals surface area contributed by atoms with Crippen molar-refractivity contribution >= 4 is 17.5 Å². The molecule has 3 aromatic rings. The van der Waals surface area contributed by atoms with E-state index >= 15 is 0 Å². The lowest BCUT2D eigenvalue weighted by Gasteiger charge is -2.36. The van der Waals surface area contributed by atoms with E-state index in [0.717, 1.165) is 16.8 Å². The summed E-state index contributed by atoms with van der Waals surface area (Å²) in [6.45, 7) is 2.06. The van der Waals surface area contributed by atoms with Gasteiger partial charge in [0.25, 0.3) is 0 Å². The third-order valence-electron chi connectivity index (χ3n) is 7.45. The van der Waals surface area contributed by atoms with Crippen LogP contribution in [0, 0.1) is 5.92 Å². The SMILES string of the molecule is COc1cc([C@@H]2C3=C(C[C@@H](c4ccccc4)CC3=O)N=C(C)C2C(=O)OCCc2ccccc2)ccc1O. The number of hydrogen-bond donors (Lipinski definition) is 1. The summed E-state index contributed by atoms with van der Waals surface area (Å²) < 4.78 is 11.1. The first-order chi connectivity index (χ1) is 18.5. The van der Waals surface area contributed by atoms with Gasteiger partial charge < -0.3 is 14.6 Å². The molecule has 0 saturated carbocycles. The van der Waals surface area contributed by atoms with Crippen LogP contribution in [0.4, 0.5) is 0 Å². The summed E-state index contributed by atoms with van der Waals surface area (Å²) in [6, 6.07) is 24.8. The van der Waals surface area contributed by atoms with Gasteiger partial charge in [0.1, 0.15) is 5.92 Å². The summed E-state index contributed by atoms with van der Waals surface area (Å²) in [5, 5.41) is 10.2. The van der Waals surface area contributed by atoms with Crippen LogP contribution in [0.15, 0.2) is 95.1 Å². The lowest BCUT2D eigenvalue weighted by Crippen LogP contribution is -2.38. The smallest absolute Gasteiger partial charge is 0.315 e. The normalized spacial score (nSPS) is 20.9. The van der Waals surface area contributed by atoms with Crippen LogP contribution in [0.1, 0.15) is 48.3 Å². The maximum Gasteiger partial charge on any atom is 0.315 e. The molecule has 0 amide bonds. The number of allylic oxidation sites excluding steroid dienone is 2. The monoisotopic (exact) mass is 509 g/mol. The Kier molecular flexibility index (Phi) is 7.40. The van der Waals surface area contributed by atoms with E-state index < -0.39 is 17.8 Å². The van der Waals surface area contributed by atoms with Gasteiger partial charge in [-0.2, -0.15) is 0 Å². The summed E-state index contributed by atoms with van der Waals surface area (Å²) in [5.41, 5.74) is 4.78. The summed E-state index contributed by atoms with van der Waals surface area (Å²) in [6.07, 6.45) is 1.56. The average Bonchev–Trinajstić information content (AvgIpc) is 2.93. The number of Topliss-reactive ketones (excluding diaryl/α,β-unsaturated/α-hetero) is 1. The van der Waals surface area contributed by atoms with E-state index in [4.69, 9.17) is 14.5 Å². The zero-order valence-corrected chi connectivity index (χ0v) is 21.6. The van der Waals surface area contributed by atoms with Gasteiger partial charge in [0.15, 0.2) is 17.3 Å². The standard InChI is InChI=1S/C32H31NO5/c1-20-29(32(36)38-16-15-21-9-5-3-6-10-21)30(23-13-14-26(34)28(19-23)37-2)31-25(33-20)17-24(18-27(31)35)22-11-7-4-8-12-22/h3-14,19,24,29-30,34H,15-18H2,1-2H3/t24-,29?,30+/m1/s1. The molecule has 3 atom stereocenters. The number of ketones is 1. The van der Waals surface area contributed by atoms with E-state index in [2.05, 4.69) is 0 Å². The predicted octanol–water partition coefficient (Wildman–Crippen LogP) is 5.76. The number of nitrogens with zero attached hydrogens (tertiary/aromatic N) is 1. The first-order valence-electron chi connectivity index (χ1n) is 12.9. The summed E-state index contributed by atoms with van der Waals surface area (Å²) in [4.78, 5) is 32.1. The molecule has 0 radical (unpaired) electrons. The minimum atomic E-state index is -0.754. The first kappa shape index (κ1) is 25.5. The Balaban J connectivity index is 1.49. The Morgan fingerprint density at radius 1 is 0.974 bits per heavy atom. The molecule has 1 heterocycles. The maximum absolute atomic E-state index is 13.7. The first-order valence-corrected chi connectivity index (χ1v) is 12.9. The molecule has 0 aromatic heterocycles. The number of esters is 1. The van der Waals surface area contributed by atoms with Crippen molar-refractivity contribution in [3.8, 4) is 11.5 Å². The molecule has 1 aliphatic carbocycles. The highest BCUT2D eigenvalue weighted by atomic mass is 16.5. The number of benzene rings is 3. The van der Waals surface area contributed by atoms with E-state index in [9.17, 15) is 14.7 Å². The largest absolute Gasteiger partial charge is 0.504 e. The molecular formula is C32H31NO5. The molecule has 0 bridgehead atoms. The Labute approximate surface area is 222 Å². The molecule has 0 saturated heterocycles. The Morgan fingerprint density at radius 2 is 1.68 bits per heavy atom. The second-order valence-electron chi connectivity index (χ2n) is 9.84. The van der Waals surface area contributed by atoms with Gasteiger partial charge in [-0.1, -0.05) is 66.7 Å². The van der Waals surface area contributed by atoms with E-state index in [0.29, 0.717) is 36.1 Å². The van der Waals surface area contributed by atoms with Gasteiger partial charge >= 0.3 is 5.97 Å². The average molecular weight is 510 g/mol. The maximum atomic E-state index is 13.7. The molecule has 6 heteroatoms. The number of aliphatic imine (C=N–C) groups is 1. The molecule has 1 N–H and O–H groups in total. The second kappa shape index (κ2) is 11.1. The fraction of sp³-hybridized carbons (Fsp3) is 0.281. The molecule has 5 rings (SSSR count). The van der Waals surface area contributed by atoms with Crippen molar-refractivity contribution in [1.82, 2.24) is 0 Å². The highest BCUT2D eigenvalue weighted by Crippen LogP contribution is 2.47. The Hall–Kier alpha value is -4.19. The van der Waals surface area contributed by atoms with Crippen LogP contribution in [-0.2, 0) is 20.7 Å². The fourth-order valence-electron chi connectivity index (χ4n) is 5.58. The fourth-order valence-corrected chi connectivity index (χ4v) is 5.58. The highest BCUT2D eigenvalue weighted by molar-refractivity contribution is 6.09. The van der Waals surface area contributed by atoms with Crippen molar-refractivity contribution < 1.29 is 24.2 Å². The van der Waals surface area contributed by atoms with Crippen molar-refractivity contribution in [2.45, 2.75) is 38.0 Å². The third-order valence-corrected chi connectivity index (χ3v) is 7.45. The molecule has 1 unspecified atom stereocenters. The van der Waals surface area contributed by atoms with E-state index in [1.54, 1.807) is 12.1 Å². The molecule has 3 aromatic carbocycles. The molecular weight excluding hydrogens is 478 g/mol. The highest BCUT2D eigenvalue weighted by Gasteiger charge is 2.45. The lowest BCUT2D eigenvalue weighted by molar-refractivity contribution is -0.146. The number of hydrogen-bond acceptors (Lipinski definition) is 6. The number of aromatic hydroxyl groups is 1. The second-order valence-corrected chi connectivity index (χ2v) is 9.84. The number of ether oxygens (including phenoxy) is 2. The van der Waals surface area contributed by atoms with E-state index in [1.165, 1.54) is 13.2 Å². The number of phenols is 1. The van der Waals surface area contributed by atoms with Gasteiger partial charge in [-0.05, 0) is 48.1 Å². The van der Waals surface area contributed by atoms with Crippen molar-refractivity contribution in [3.63, 3.8) is 0 Å². The number of phenolic OH excluding ortho intramolecular Hbond substituents is 1. The quantitative estimate of drug-likeness (QED) is 0.409. The van der Waals surface area contributed by atoms with Gasteiger partial charge in [-0.25, -0.2) is 0 Å². The molecule has 1 aliphatic heterocycles. The summed E-state index contributed by atoms with van der Waals surface area (Å²) >= 11 is 0. The van der Waals surface area contributed by atoms with Gasteiger partial charge in [0, 0.05) is 35.7 Å². The molecule has 38 heavy (non-hydrogen) atoms. The molecule has 2 aliphatic rings. The minimum absolute atomic E-state index is 0.00671. The topological polar surface area (TPSA) is 85.2 Å². The molecule has 6 nitrogen and oxygen atoms in total. The molecule has 0 spiro atoms. The minimum Gasteiger partial charge on any atom is -0.504 e. The lowest BCUT2D eigenvalue weighted by atomic mass is 9.69. The van der Waals surface area contributed by atoms with Crippen LogP contribution in [0.25, 0.3) is 0 Å². The van der Waals surface area contributed by atoms with Crippen molar-refractivity contribution in [3.05, 3.63) is 107 Å². The van der Waals surface area contributed by atoms with Crippen LogP contribution < -0.4 is 4.74 Å². The summed E-state index contributed by atoms with van der Waals surface area (Å²) in [5.74, 6) is -1.46. The van der Waals surface area contributed by atoms with Crippen LogP contribution in [0.3, 0.4) is 0 Å². The number of carbonyl (C=O) groups is 2. The number of rotatable bonds is 7. The van der Waals surface area contributed by atoms with E-state index in [-0.39, 0.29) is 29.8 Å². The Bertz CT molecular complexity index is 1390. The molecule has 0 fully saturated rings. The van der Waals surface area contributed by atoms with Crippen molar-refractivity contribution in [2.24, 2.45) is 10.9 Å². The van der Waals surface area contributed by atoms with Crippen molar-refractivity contribution in [2.75, 3.05) is 13.7 Å². The van der Waals surface area contributed by atoms with E-state index in [1.807, 2.05) is 67.6 Å². The zero-order chi connectivity index (χ0) is 26.6. The van der Waals surface area contributed by atoms with Gasteiger partial charge in [-0.15, -0.1) is 0 Å². The molecule has 194 valence electrons. The summed E-state index contributed by atoms with van der Waals surface area (Å²) in [7, 11) is 1.47. The van der Waals surface area contributed by atoms with Crippen LogP contribution in [0.2, 0.25) is 0 Å². The number of methoxy groups -OCH3 is 1. The predicted molar refractivity (Wildman–Crippen MR) is 146 cm³/mol. The van der Waals surface area contributed by atoms with Gasteiger partial charge in [0.2, 0.25) is 0 Å². The van der Waals surface area contributed by atoms with Crippen LogP contribution >= 0.6 is 0 Å². The van der Waals surface area contributed by atoms with Gasteiger partial charge in [0.05, 0.1) is 13.7 Å². The third kappa shape index (κ3) is 5.12. The van der Waals surface area contributed by atoms with Gasteiger partial charge in [-0.3, -0.25) is 14.6 Å². The van der Waals surface area contributed by atoms with Crippen LogP contribution in [0.5, 0.6) is 11.5 Å². The zero-order valence-electron chi connectivity index (χ0n) is 21.6. The van der Waals surface area contributed by atoms with Crippen molar-refractivity contribution in [1.29, 1.82) is 0 Å². The number of carbonyl (C=O) groups excluding carboxylic acids is 2.